The normalized spacial score (nSPS) is 20.1. The van der Waals surface area contributed by atoms with Gasteiger partial charge < -0.3 is 14.7 Å². The molecule has 226 valence electrons. The molecule has 0 saturated carbocycles. The molecule has 6 nitrogen and oxygen atoms in total. The number of ether oxygens (including phenoxy) is 1. The summed E-state index contributed by atoms with van der Waals surface area (Å²) in [6, 6.07) is 16.4. The topological polar surface area (TPSA) is 72.7 Å². The van der Waals surface area contributed by atoms with E-state index in [0.29, 0.717) is 13.2 Å². The summed E-state index contributed by atoms with van der Waals surface area (Å²) < 4.78 is 7.68. The zero-order valence-electron chi connectivity index (χ0n) is 26.5. The highest BCUT2D eigenvalue weighted by Crippen LogP contribution is 2.49. The molecule has 0 N–H and O–H groups in total. The molecule has 2 aromatic rings. The number of hydrogen-bond donors (Lipinski definition) is 0. The molecule has 0 amide bonds. The molecule has 2 aromatic carbocycles. The fourth-order valence-corrected chi connectivity index (χ4v) is 6.58. The van der Waals surface area contributed by atoms with E-state index in [1.165, 1.54) is 5.56 Å². The standard InChI is InChI=1S/C37H44N2O4/c1-7-9-20-38-29-17-13-11-15-27(29)36(3,4)31(38)23-25-34(41)26(35(25)42)24-32-37(5,6)28-16-12-14-18-30(28)39(32)21-19-33(40)43-22-10-8-2/h11-18,23-24H,7-10,19-22H2,1-6H3. The lowest BCUT2D eigenvalue weighted by molar-refractivity contribution is -0.438. The number of unbranched alkanes of at least 4 members (excludes halogenated alkanes) is 2. The Bertz CT molecular complexity index is 1570. The maximum absolute atomic E-state index is 13.7. The zero-order chi connectivity index (χ0) is 30.9. The van der Waals surface area contributed by atoms with Crippen molar-refractivity contribution >= 4 is 28.8 Å². The number of nitrogens with zero attached hydrogens (tertiary/aromatic N) is 2. The van der Waals surface area contributed by atoms with Crippen molar-refractivity contribution in [2.24, 2.45) is 0 Å². The number of allylic oxidation sites excluding steroid dienone is 5. The molecule has 43 heavy (non-hydrogen) atoms. The first-order valence-electron chi connectivity index (χ1n) is 15.7. The van der Waals surface area contributed by atoms with Crippen LogP contribution in [0, 0.1) is 0 Å². The van der Waals surface area contributed by atoms with Gasteiger partial charge in [-0.15, -0.1) is 0 Å². The Morgan fingerprint density at radius 3 is 2.30 bits per heavy atom. The maximum Gasteiger partial charge on any atom is 0.307 e. The molecule has 6 heteroatoms. The van der Waals surface area contributed by atoms with Gasteiger partial charge in [0, 0.05) is 58.6 Å². The summed E-state index contributed by atoms with van der Waals surface area (Å²) in [4.78, 5) is 28.2. The van der Waals surface area contributed by atoms with Gasteiger partial charge in [-0.2, -0.15) is 4.58 Å². The number of anilines is 1. The summed E-state index contributed by atoms with van der Waals surface area (Å²) >= 11 is 0. The van der Waals surface area contributed by atoms with Crippen molar-refractivity contribution in [3.05, 3.63) is 94.4 Å². The first-order chi connectivity index (χ1) is 20.5. The Morgan fingerprint density at radius 1 is 0.930 bits per heavy atom. The summed E-state index contributed by atoms with van der Waals surface area (Å²) in [5.74, 6) is -0.691. The van der Waals surface area contributed by atoms with Gasteiger partial charge in [0.05, 0.1) is 18.4 Å². The average Bonchev–Trinajstić information content (AvgIpc) is 3.34. The second-order valence-corrected chi connectivity index (χ2v) is 12.8. The van der Waals surface area contributed by atoms with Crippen LogP contribution in [0.3, 0.4) is 0 Å². The molecule has 0 bridgehead atoms. The summed E-state index contributed by atoms with van der Waals surface area (Å²) in [7, 11) is 0. The first kappa shape index (κ1) is 30.5. The molecule has 0 unspecified atom stereocenters. The van der Waals surface area contributed by atoms with Gasteiger partial charge in [-0.3, -0.25) is 9.59 Å². The van der Waals surface area contributed by atoms with Crippen molar-refractivity contribution in [2.75, 3.05) is 24.6 Å². The van der Waals surface area contributed by atoms with Gasteiger partial charge in [0.15, 0.2) is 11.5 Å². The van der Waals surface area contributed by atoms with E-state index in [1.807, 2.05) is 36.4 Å². The Hall–Kier alpha value is -3.93. The van der Waals surface area contributed by atoms with E-state index >= 15 is 0 Å². The van der Waals surface area contributed by atoms with Gasteiger partial charge in [0.25, 0.3) is 0 Å². The van der Waals surface area contributed by atoms with Crippen molar-refractivity contribution < 1.29 is 24.0 Å². The molecule has 5 rings (SSSR count). The molecule has 0 spiro atoms. The summed E-state index contributed by atoms with van der Waals surface area (Å²) in [5, 5.41) is 13.7. The lowest BCUT2D eigenvalue weighted by atomic mass is 9.77. The maximum atomic E-state index is 13.7. The Labute approximate surface area is 256 Å². The zero-order valence-corrected chi connectivity index (χ0v) is 26.5. The second kappa shape index (κ2) is 12.0. The molecule has 0 radical (unpaired) electrons. The van der Waals surface area contributed by atoms with E-state index in [2.05, 4.69) is 69.2 Å². The Morgan fingerprint density at radius 2 is 1.60 bits per heavy atom. The van der Waals surface area contributed by atoms with E-state index in [-0.39, 0.29) is 40.5 Å². The summed E-state index contributed by atoms with van der Waals surface area (Å²) in [6.07, 6.45) is 7.69. The molecular formula is C37H44N2O4. The van der Waals surface area contributed by atoms with Crippen LogP contribution in [0.25, 0.3) is 0 Å². The third-order valence-corrected chi connectivity index (χ3v) is 9.18. The molecule has 0 aromatic heterocycles. The second-order valence-electron chi connectivity index (χ2n) is 12.8. The number of benzene rings is 2. The van der Waals surface area contributed by atoms with Crippen LogP contribution in [-0.4, -0.2) is 41.7 Å². The number of hydrogen-bond acceptors (Lipinski definition) is 5. The van der Waals surface area contributed by atoms with E-state index in [4.69, 9.17) is 4.74 Å². The lowest BCUT2D eigenvalue weighted by Crippen LogP contribution is -2.35. The van der Waals surface area contributed by atoms with Crippen molar-refractivity contribution in [1.82, 2.24) is 0 Å². The summed E-state index contributed by atoms with van der Waals surface area (Å²) in [6.45, 7) is 14.4. The lowest BCUT2D eigenvalue weighted by Gasteiger charge is -2.33. The van der Waals surface area contributed by atoms with Crippen molar-refractivity contribution in [2.45, 2.75) is 84.5 Å². The number of fused-ring (bicyclic) bond motifs is 2. The van der Waals surface area contributed by atoms with Gasteiger partial charge in [0.2, 0.25) is 5.69 Å². The SMILES string of the molecule is CCCCOC(=O)CCN1C(=CC2=C([O-])C(=CC3=[N+](CCCC)c4ccccc4C3(C)C)C2=O)C(C)(C)c2ccccc21. The molecule has 3 aliphatic rings. The fraction of sp³-hybridized carbons (Fsp3) is 0.432. The molecule has 2 aliphatic heterocycles. The van der Waals surface area contributed by atoms with Crippen LogP contribution in [0.4, 0.5) is 11.4 Å². The molecule has 0 fully saturated rings. The highest BCUT2D eigenvalue weighted by atomic mass is 16.5. The number of carbonyl (C=O) groups excluding carboxylic acids is 2. The number of rotatable bonds is 11. The molecule has 0 saturated heterocycles. The quantitative estimate of drug-likeness (QED) is 0.133. The van der Waals surface area contributed by atoms with Crippen molar-refractivity contribution in [1.29, 1.82) is 0 Å². The van der Waals surface area contributed by atoms with Gasteiger partial charge >= 0.3 is 5.97 Å². The van der Waals surface area contributed by atoms with Gasteiger partial charge in [-0.1, -0.05) is 82.7 Å². The summed E-state index contributed by atoms with van der Waals surface area (Å²) in [5.41, 5.74) is 5.94. The third-order valence-electron chi connectivity index (χ3n) is 9.18. The van der Waals surface area contributed by atoms with Gasteiger partial charge in [0.1, 0.15) is 6.54 Å². The minimum atomic E-state index is -0.448. The van der Waals surface area contributed by atoms with Crippen LogP contribution in [0.2, 0.25) is 0 Å². The van der Waals surface area contributed by atoms with Crippen molar-refractivity contribution in [3.63, 3.8) is 0 Å². The predicted octanol–water partition coefficient (Wildman–Crippen LogP) is 6.40. The Balaban J connectivity index is 1.50. The van der Waals surface area contributed by atoms with Crippen LogP contribution >= 0.6 is 0 Å². The molecular weight excluding hydrogens is 536 g/mol. The molecule has 2 heterocycles. The Kier molecular flexibility index (Phi) is 8.51. The van der Waals surface area contributed by atoms with Crippen LogP contribution in [0.15, 0.2) is 83.3 Å². The first-order valence-corrected chi connectivity index (χ1v) is 15.7. The average molecular weight is 581 g/mol. The van der Waals surface area contributed by atoms with Gasteiger partial charge in [-0.05, 0) is 38.0 Å². The number of carbonyl (C=O) groups is 2. The van der Waals surface area contributed by atoms with Crippen LogP contribution in [-0.2, 0) is 25.2 Å². The van der Waals surface area contributed by atoms with Crippen LogP contribution in [0.5, 0.6) is 0 Å². The van der Waals surface area contributed by atoms with Crippen LogP contribution in [0.1, 0.15) is 84.8 Å². The predicted molar refractivity (Wildman–Crippen MR) is 170 cm³/mol. The van der Waals surface area contributed by atoms with Gasteiger partial charge in [-0.25, -0.2) is 0 Å². The number of ketones is 1. The highest BCUT2D eigenvalue weighted by molar-refractivity contribution is 6.24. The minimum absolute atomic E-state index is 0.201. The third kappa shape index (κ3) is 5.37. The largest absolute Gasteiger partial charge is 0.871 e. The highest BCUT2D eigenvalue weighted by Gasteiger charge is 2.46. The number of esters is 1. The fourth-order valence-electron chi connectivity index (χ4n) is 6.58. The number of para-hydroxylation sites is 2. The smallest absolute Gasteiger partial charge is 0.307 e. The van der Waals surface area contributed by atoms with Crippen molar-refractivity contribution in [3.8, 4) is 0 Å². The monoisotopic (exact) mass is 580 g/mol. The molecule has 0 atom stereocenters. The van der Waals surface area contributed by atoms with E-state index in [1.54, 1.807) is 6.08 Å². The van der Waals surface area contributed by atoms with Crippen LogP contribution < -0.4 is 10.0 Å². The number of Topliss-reactive ketones (excluding diaryl/α,β-unsaturated/α-hetero) is 1. The molecule has 1 aliphatic carbocycles. The van der Waals surface area contributed by atoms with E-state index < -0.39 is 5.41 Å². The van der Waals surface area contributed by atoms with E-state index in [9.17, 15) is 14.7 Å². The van der Waals surface area contributed by atoms with E-state index in [0.717, 1.165) is 60.6 Å². The minimum Gasteiger partial charge on any atom is -0.871 e.